The van der Waals surface area contributed by atoms with Gasteiger partial charge in [0, 0.05) is 11.1 Å². The van der Waals surface area contributed by atoms with Crippen LogP contribution in [-0.2, 0) is 32.5 Å². The van der Waals surface area contributed by atoms with E-state index in [2.05, 4.69) is 316 Å². The smallest absolute Gasteiger partial charge is 0.0995 e. The molecule has 18 aromatic rings. The average molecular weight is 1900 g/mol. The first kappa shape index (κ1) is 81.7. The molecule has 0 saturated heterocycles. The summed E-state index contributed by atoms with van der Waals surface area (Å²) in [7, 11) is 0. The normalized spacial score (nSPS) is 12.9. The fourth-order valence-electron chi connectivity index (χ4n) is 17.3. The third-order valence-electron chi connectivity index (χ3n) is 24.4. The molecule has 0 spiro atoms. The SMILES string of the molecule is C#Cc1cc(C#N)cc(C(C)(C)C)c1.C#Cc1cccc(C#N)c1C(C)(C)C.CC(C)(C)c1c(-c2cc(-c3ccccc3)cc(-c3ccccc3)c2)cccc1-c1cc(-c2ccccc2)cc(-c2ccccc2)c1.CC(C)(C)c1ccc(C#N)cc1.CC(C)(C)c1ccccc1C#N.[2H]c1c([2H])c([2H])c(-c2cc(-c3cccc(-c4cc(-c5c([2H])c([2H])c([2H])c([2H])c5[2H])cc(-c5c([2H])c([2H])c(C)c([2H])c5[2H])c4)c3C(C)(C)C)cc(-c3c([2H])c([2H])c([2H])c([2H])c3[2H])c2)c([2H])c1[2H]. The van der Waals surface area contributed by atoms with Crippen molar-refractivity contribution in [2.75, 3.05) is 0 Å². The molecule has 0 atom stereocenters. The Morgan fingerprint density at radius 3 is 0.772 bits per heavy atom. The zero-order valence-electron chi connectivity index (χ0n) is 105. The predicted octanol–water partition coefficient (Wildman–Crippen LogP) is 37.7. The molecule has 0 radical (unpaired) electrons. The molecule has 0 unspecified atom stereocenters. The van der Waals surface area contributed by atoms with Crippen LogP contribution in [0.4, 0.5) is 0 Å². The summed E-state index contributed by atoms with van der Waals surface area (Å²) in [6.07, 6.45) is 10.7. The van der Waals surface area contributed by atoms with Crippen molar-refractivity contribution in [3.63, 3.8) is 0 Å². The van der Waals surface area contributed by atoms with Gasteiger partial charge in [0.1, 0.15) is 0 Å². The van der Waals surface area contributed by atoms with Gasteiger partial charge in [-0.1, -0.05) is 451 Å². The zero-order valence-corrected chi connectivity index (χ0v) is 86.0. The molecule has 4 heteroatoms. The van der Waals surface area contributed by atoms with E-state index in [4.69, 9.17) is 59.9 Å². The molecule has 145 heavy (non-hydrogen) atoms. The quantitative estimate of drug-likeness (QED) is 0.114. The summed E-state index contributed by atoms with van der Waals surface area (Å²) in [5.74, 6) is 5.19. The van der Waals surface area contributed by atoms with Gasteiger partial charge in [0.05, 0.1) is 72.6 Å². The highest BCUT2D eigenvalue weighted by Crippen LogP contribution is 2.48. The molecule has 0 heterocycles. The lowest BCUT2D eigenvalue weighted by Crippen LogP contribution is -2.15. The first-order valence-corrected chi connectivity index (χ1v) is 48.2. The Morgan fingerprint density at radius 1 is 0.200 bits per heavy atom. The summed E-state index contributed by atoms with van der Waals surface area (Å²) < 4.78 is 164. The molecule has 18 aromatic carbocycles. The van der Waals surface area contributed by atoms with Gasteiger partial charge in [0.15, 0.2) is 0 Å². The van der Waals surface area contributed by atoms with Crippen molar-refractivity contribution < 1.29 is 26.0 Å². The minimum absolute atomic E-state index is 0.0263. The van der Waals surface area contributed by atoms with E-state index >= 15 is 0 Å². The summed E-state index contributed by atoms with van der Waals surface area (Å²) in [5.41, 5.74) is 26.5. The highest BCUT2D eigenvalue weighted by atomic mass is 14.3. The third-order valence-corrected chi connectivity index (χ3v) is 24.4. The number of benzene rings is 18. The topological polar surface area (TPSA) is 95.2 Å². The van der Waals surface area contributed by atoms with Crippen LogP contribution < -0.4 is 0 Å². The van der Waals surface area contributed by atoms with Crippen LogP contribution in [0.25, 0.3) is 134 Å². The minimum Gasteiger partial charge on any atom is -0.192 e. The van der Waals surface area contributed by atoms with E-state index < -0.39 is 96.1 Å². The van der Waals surface area contributed by atoms with Gasteiger partial charge in [-0.15, -0.1) is 12.8 Å². The number of nitriles is 4. The second kappa shape index (κ2) is 47.1. The summed E-state index contributed by atoms with van der Waals surface area (Å²) in [4.78, 5) is 0. The van der Waals surface area contributed by atoms with Crippen molar-refractivity contribution >= 4 is 0 Å². The first-order valence-electron chi connectivity index (χ1n) is 57.7. The number of nitrogens with zero attached hydrogens (tertiary/aromatic N) is 4. The molecule has 0 aliphatic carbocycles. The van der Waals surface area contributed by atoms with Gasteiger partial charge < -0.3 is 0 Å². The molecule has 714 valence electrons. The Kier molecular flexibility index (Phi) is 26.5. The summed E-state index contributed by atoms with van der Waals surface area (Å²) in [5, 5.41) is 35.2. The van der Waals surface area contributed by atoms with Crippen LogP contribution in [0.2, 0.25) is 0 Å². The van der Waals surface area contributed by atoms with Crippen LogP contribution >= 0.6 is 0 Å². The van der Waals surface area contributed by atoms with Gasteiger partial charge in [-0.2, -0.15) is 21.0 Å². The highest BCUT2D eigenvalue weighted by Gasteiger charge is 2.29. The molecule has 0 bridgehead atoms. The van der Waals surface area contributed by atoms with Gasteiger partial charge in [-0.3, -0.25) is 0 Å². The Balaban J connectivity index is 0.000000191. The molecule has 0 fully saturated rings. The first-order chi connectivity index (χ1) is 77.2. The Hall–Kier alpha value is -17.0. The molecule has 0 aromatic heterocycles. The van der Waals surface area contributed by atoms with E-state index in [1.54, 1.807) is 54.6 Å². The molecule has 4 nitrogen and oxygen atoms in total. The van der Waals surface area contributed by atoms with Crippen LogP contribution in [0.3, 0.4) is 0 Å². The third kappa shape index (κ3) is 27.6. The minimum atomic E-state index is -0.795. The molecule has 0 N–H and O–H groups in total. The second-order valence-corrected chi connectivity index (χ2v) is 41.5. The summed E-state index contributed by atoms with van der Waals surface area (Å²) >= 11 is 0. The molecule has 0 saturated carbocycles. The Bertz CT molecular complexity index is 8230. The van der Waals surface area contributed by atoms with Gasteiger partial charge in [0.2, 0.25) is 0 Å². The van der Waals surface area contributed by atoms with Crippen molar-refractivity contribution in [3.05, 3.63) is 503 Å². The van der Waals surface area contributed by atoms with Crippen LogP contribution in [0.15, 0.2) is 430 Å². The molecule has 0 aliphatic rings. The Morgan fingerprint density at radius 2 is 0.483 bits per heavy atom. The van der Waals surface area contributed by atoms with Crippen LogP contribution in [0.5, 0.6) is 0 Å². The predicted molar refractivity (Wildman–Crippen MR) is 616 cm³/mol. The van der Waals surface area contributed by atoms with E-state index in [1.807, 2.05) is 93.6 Å². The lowest BCUT2D eigenvalue weighted by Gasteiger charge is -2.28. The molecular formula is C141H130N4. The van der Waals surface area contributed by atoms with E-state index in [0.717, 1.165) is 38.9 Å². The van der Waals surface area contributed by atoms with Gasteiger partial charge in [-0.05, 0) is 328 Å². The van der Waals surface area contributed by atoms with E-state index in [0.29, 0.717) is 38.9 Å². The molecule has 0 aliphatic heterocycles. The standard InChI is InChI=1S/C47H40.C46H38.2C13H13N.2C11H13N/c1-33-23-25-37(26-24-33)41-28-40(36-19-12-7-13-20-36)31-43(32-41)45-22-14-21-44(46(45)47(2,3)4)42-29-38(34-15-8-5-9-16-34)27-39(30-42)35-17-10-6-11-18-35;1-46(2,3)45-43(41-29-37(33-17-8-4-9-18-33)27-38(30-41)34-19-10-5-11-20-34)25-16-26-44(45)42-31-39(35-21-12-6-13-22-35)28-40(32-42)36-23-14-7-15-24-36;1-5-10-6-11(9-14)8-12(7-10)13(2,3)4;1-5-10-7-6-8-11(9-14)12(10)13(2,3)4;1-11(2,3)10-6-4-9(8-12)5-7-10;1-11(2,3)10-7-5-4-6-9(10)8-12/h5-32H,1-4H3;4-32H,1-3H3;2*1,6-8H,2-4H3;2*4-7H,1-3H3/i5D,6D,7D,8D,9D,10D,11D,12D,13D,15D,16D,17D,18D,19D,20D,23D,24D,25D,26D;;;;;. The van der Waals surface area contributed by atoms with E-state index in [9.17, 15) is 0 Å². The van der Waals surface area contributed by atoms with Crippen LogP contribution in [-0.4, -0.2) is 0 Å². The van der Waals surface area contributed by atoms with Crippen molar-refractivity contribution in [3.8, 4) is 182 Å². The monoisotopic (exact) mass is 1900 g/mol. The zero-order chi connectivity index (χ0) is 120. The second-order valence-electron chi connectivity index (χ2n) is 41.5. The van der Waals surface area contributed by atoms with Crippen molar-refractivity contribution in [2.45, 2.75) is 164 Å². The van der Waals surface area contributed by atoms with E-state index in [-0.39, 0.29) is 101 Å². The van der Waals surface area contributed by atoms with Crippen molar-refractivity contribution in [1.29, 1.82) is 21.0 Å². The van der Waals surface area contributed by atoms with Crippen LogP contribution in [0, 0.1) is 76.9 Å². The summed E-state index contributed by atoms with van der Waals surface area (Å²) in [6, 6.07) is 104. The molecule has 18 rings (SSSR count). The van der Waals surface area contributed by atoms with Gasteiger partial charge >= 0.3 is 0 Å². The molecule has 0 amide bonds. The maximum Gasteiger partial charge on any atom is 0.0995 e. The van der Waals surface area contributed by atoms with Crippen LogP contribution in [0.1, 0.15) is 223 Å². The fourth-order valence-corrected chi connectivity index (χ4v) is 17.3. The maximum absolute atomic E-state index is 8.98. The van der Waals surface area contributed by atoms with Crippen molar-refractivity contribution in [1.82, 2.24) is 0 Å². The number of hydrogen-bond acceptors (Lipinski definition) is 4. The largest absolute Gasteiger partial charge is 0.192 e. The summed E-state index contributed by atoms with van der Waals surface area (Å²) in [6.45, 7) is 39.5. The van der Waals surface area contributed by atoms with Crippen molar-refractivity contribution in [2.24, 2.45) is 0 Å². The fraction of sp³-hybridized carbons (Fsp3) is 0.177. The molecular weight excluding hydrogens is 1750 g/mol. The lowest BCUT2D eigenvalue weighted by molar-refractivity contribution is 0.587. The number of terminal acetylenes is 2. The number of rotatable bonds is 12. The maximum atomic E-state index is 8.98. The average Bonchev–Trinajstić information content (AvgIpc) is 0.738. The van der Waals surface area contributed by atoms with Gasteiger partial charge in [0.25, 0.3) is 0 Å². The Labute approximate surface area is 891 Å². The lowest BCUT2D eigenvalue weighted by atomic mass is 9.76. The highest BCUT2D eigenvalue weighted by molar-refractivity contribution is 5.92. The van der Waals surface area contributed by atoms with E-state index in [1.165, 1.54) is 96.9 Å². The van der Waals surface area contributed by atoms with Gasteiger partial charge in [-0.25, -0.2) is 0 Å². The number of hydrogen-bond donors (Lipinski definition) is 0.